The van der Waals surface area contributed by atoms with Gasteiger partial charge in [-0.3, -0.25) is 9.78 Å². The maximum atomic E-state index is 12.8. The monoisotopic (exact) mass is 397 g/mol. The van der Waals surface area contributed by atoms with Crippen LogP contribution in [0, 0.1) is 0 Å². The number of anilines is 3. The lowest BCUT2D eigenvalue weighted by Gasteiger charge is -2.11. The third-order valence-corrected chi connectivity index (χ3v) is 4.13. The van der Waals surface area contributed by atoms with Gasteiger partial charge >= 0.3 is 6.18 Å². The van der Waals surface area contributed by atoms with Crippen LogP contribution in [0.1, 0.15) is 16.1 Å². The first kappa shape index (κ1) is 18.5. The molecule has 146 valence electrons. The first-order chi connectivity index (χ1) is 13.9. The molecule has 0 unspecified atom stereocenters. The van der Waals surface area contributed by atoms with Gasteiger partial charge in [-0.2, -0.15) is 13.2 Å². The number of fused-ring (bicyclic) bond motifs is 1. The molecule has 3 aromatic heterocycles. The van der Waals surface area contributed by atoms with E-state index in [-0.39, 0.29) is 11.6 Å². The predicted octanol–water partition coefficient (Wildman–Crippen LogP) is 4.74. The summed E-state index contributed by atoms with van der Waals surface area (Å²) in [4.78, 5) is 19.9. The van der Waals surface area contributed by atoms with Gasteiger partial charge in [-0.25, -0.2) is 4.98 Å². The smallest absolute Gasteiger partial charge is 0.355 e. The molecule has 0 fully saturated rings. The summed E-state index contributed by atoms with van der Waals surface area (Å²) in [5.74, 6) is -0.287. The zero-order valence-corrected chi connectivity index (χ0v) is 14.8. The van der Waals surface area contributed by atoms with Crippen molar-refractivity contribution in [1.29, 1.82) is 0 Å². The molecular weight excluding hydrogens is 383 g/mol. The van der Waals surface area contributed by atoms with Gasteiger partial charge in [0.25, 0.3) is 5.91 Å². The third kappa shape index (κ3) is 4.18. The standard InChI is InChI=1S/C20H14F3N5O/c21-20(22,23)17-11-16(7-8-24-17)26-14-2-4-15(5-3-14)27-19(29)13-1-6-18-25-9-10-28(18)12-13/h1-12H,(H,24,26)(H,27,29). The Bertz CT molecular complexity index is 1170. The number of aromatic nitrogens is 3. The Morgan fingerprint density at radius 3 is 2.41 bits per heavy atom. The fourth-order valence-electron chi connectivity index (χ4n) is 2.72. The molecule has 0 aliphatic carbocycles. The number of benzene rings is 1. The highest BCUT2D eigenvalue weighted by atomic mass is 19.4. The van der Waals surface area contributed by atoms with Crippen LogP contribution >= 0.6 is 0 Å². The van der Waals surface area contributed by atoms with E-state index in [2.05, 4.69) is 20.6 Å². The van der Waals surface area contributed by atoms with E-state index in [1.54, 1.807) is 59.4 Å². The Morgan fingerprint density at radius 2 is 1.66 bits per heavy atom. The van der Waals surface area contributed by atoms with Gasteiger partial charge in [0, 0.05) is 41.8 Å². The van der Waals surface area contributed by atoms with Crippen LogP contribution < -0.4 is 10.6 Å². The minimum Gasteiger partial charge on any atom is -0.355 e. The van der Waals surface area contributed by atoms with Crippen LogP contribution in [0.2, 0.25) is 0 Å². The van der Waals surface area contributed by atoms with E-state index in [1.807, 2.05) is 0 Å². The summed E-state index contributed by atoms with van der Waals surface area (Å²) >= 11 is 0. The van der Waals surface area contributed by atoms with Crippen molar-refractivity contribution in [2.24, 2.45) is 0 Å². The molecule has 6 nitrogen and oxygen atoms in total. The van der Waals surface area contributed by atoms with Crippen LogP contribution in [0.4, 0.5) is 30.2 Å². The number of alkyl halides is 3. The van der Waals surface area contributed by atoms with Crippen molar-refractivity contribution >= 4 is 28.6 Å². The number of pyridine rings is 2. The Hall–Kier alpha value is -3.88. The molecule has 29 heavy (non-hydrogen) atoms. The van der Waals surface area contributed by atoms with Crippen LogP contribution in [0.5, 0.6) is 0 Å². The molecule has 0 saturated carbocycles. The minimum absolute atomic E-state index is 0.262. The number of nitrogens with zero attached hydrogens (tertiary/aromatic N) is 3. The molecule has 1 amide bonds. The second-order valence-corrected chi connectivity index (χ2v) is 6.19. The summed E-state index contributed by atoms with van der Waals surface area (Å²) < 4.78 is 40.0. The Kier molecular flexibility index (Phi) is 4.63. The van der Waals surface area contributed by atoms with E-state index >= 15 is 0 Å². The number of halogens is 3. The summed E-state index contributed by atoms with van der Waals surface area (Å²) in [6.45, 7) is 0. The van der Waals surface area contributed by atoms with Crippen molar-refractivity contribution in [3.63, 3.8) is 0 Å². The van der Waals surface area contributed by atoms with E-state index in [0.29, 0.717) is 16.9 Å². The quantitative estimate of drug-likeness (QED) is 0.522. The molecule has 3 heterocycles. The molecule has 9 heteroatoms. The van der Waals surface area contributed by atoms with E-state index < -0.39 is 11.9 Å². The van der Waals surface area contributed by atoms with Crippen molar-refractivity contribution in [3.05, 3.63) is 84.6 Å². The zero-order chi connectivity index (χ0) is 20.4. The van der Waals surface area contributed by atoms with Crippen LogP contribution in [-0.4, -0.2) is 20.3 Å². The van der Waals surface area contributed by atoms with Crippen molar-refractivity contribution in [3.8, 4) is 0 Å². The lowest BCUT2D eigenvalue weighted by atomic mass is 10.2. The fourth-order valence-corrected chi connectivity index (χ4v) is 2.72. The highest BCUT2D eigenvalue weighted by Gasteiger charge is 2.32. The summed E-state index contributed by atoms with van der Waals surface area (Å²) in [6.07, 6.45) is 1.65. The van der Waals surface area contributed by atoms with Crippen LogP contribution in [-0.2, 0) is 6.18 Å². The number of rotatable bonds is 4. The summed E-state index contributed by atoms with van der Waals surface area (Å²) in [5.41, 5.74) is 1.62. The molecule has 4 aromatic rings. The second kappa shape index (κ2) is 7.27. The Balaban J connectivity index is 1.44. The lowest BCUT2D eigenvalue weighted by molar-refractivity contribution is -0.141. The van der Waals surface area contributed by atoms with Gasteiger partial charge in [-0.1, -0.05) is 0 Å². The van der Waals surface area contributed by atoms with Crippen molar-refractivity contribution in [2.45, 2.75) is 6.18 Å². The molecular formula is C20H14F3N5O. The SMILES string of the molecule is O=C(Nc1ccc(Nc2ccnc(C(F)(F)F)c2)cc1)c1ccc2nccn2c1. The van der Waals surface area contributed by atoms with E-state index in [4.69, 9.17) is 0 Å². The predicted molar refractivity (Wildman–Crippen MR) is 102 cm³/mol. The number of carbonyl (C=O) groups excluding carboxylic acids is 1. The average molecular weight is 397 g/mol. The number of hydrogen-bond donors (Lipinski definition) is 2. The normalized spacial score (nSPS) is 11.4. The van der Waals surface area contributed by atoms with E-state index in [1.165, 1.54) is 6.07 Å². The van der Waals surface area contributed by atoms with Gasteiger partial charge in [-0.05, 0) is 48.5 Å². The minimum atomic E-state index is -4.51. The van der Waals surface area contributed by atoms with Gasteiger partial charge in [-0.15, -0.1) is 0 Å². The van der Waals surface area contributed by atoms with Gasteiger partial charge in [0.15, 0.2) is 0 Å². The molecule has 0 aliphatic heterocycles. The molecule has 0 atom stereocenters. The van der Waals surface area contributed by atoms with E-state index in [9.17, 15) is 18.0 Å². The van der Waals surface area contributed by atoms with Crippen LogP contribution in [0.3, 0.4) is 0 Å². The summed E-state index contributed by atoms with van der Waals surface area (Å²) in [7, 11) is 0. The van der Waals surface area contributed by atoms with Crippen molar-refractivity contribution in [1.82, 2.24) is 14.4 Å². The number of amides is 1. The molecule has 1 aromatic carbocycles. The number of carbonyl (C=O) groups is 1. The number of imidazole rings is 1. The maximum absolute atomic E-state index is 12.8. The van der Waals surface area contributed by atoms with Crippen molar-refractivity contribution < 1.29 is 18.0 Å². The second-order valence-electron chi connectivity index (χ2n) is 6.19. The van der Waals surface area contributed by atoms with Gasteiger partial charge < -0.3 is 15.0 Å². The molecule has 0 bridgehead atoms. The van der Waals surface area contributed by atoms with E-state index in [0.717, 1.165) is 17.9 Å². The highest BCUT2D eigenvalue weighted by Crippen LogP contribution is 2.29. The zero-order valence-electron chi connectivity index (χ0n) is 14.8. The topological polar surface area (TPSA) is 71.3 Å². The molecule has 0 spiro atoms. The summed E-state index contributed by atoms with van der Waals surface area (Å²) in [6, 6.07) is 12.4. The Labute approximate surface area is 163 Å². The fraction of sp³-hybridized carbons (Fsp3) is 0.0500. The average Bonchev–Trinajstić information content (AvgIpc) is 3.17. The van der Waals surface area contributed by atoms with Gasteiger partial charge in [0.05, 0.1) is 5.56 Å². The highest BCUT2D eigenvalue weighted by molar-refractivity contribution is 6.04. The van der Waals surface area contributed by atoms with Crippen LogP contribution in [0.15, 0.2) is 73.3 Å². The summed E-state index contributed by atoms with van der Waals surface area (Å²) in [5, 5.41) is 5.66. The maximum Gasteiger partial charge on any atom is 0.433 e. The molecule has 4 rings (SSSR count). The van der Waals surface area contributed by atoms with Gasteiger partial charge in [0.2, 0.25) is 0 Å². The van der Waals surface area contributed by atoms with Crippen molar-refractivity contribution in [2.75, 3.05) is 10.6 Å². The first-order valence-corrected chi connectivity index (χ1v) is 8.53. The largest absolute Gasteiger partial charge is 0.433 e. The molecule has 0 radical (unpaired) electrons. The number of nitrogens with one attached hydrogen (secondary N) is 2. The Morgan fingerprint density at radius 1 is 0.897 bits per heavy atom. The molecule has 0 saturated heterocycles. The number of hydrogen-bond acceptors (Lipinski definition) is 4. The third-order valence-electron chi connectivity index (χ3n) is 4.13. The molecule has 0 aliphatic rings. The van der Waals surface area contributed by atoms with Gasteiger partial charge in [0.1, 0.15) is 11.3 Å². The van der Waals surface area contributed by atoms with Crippen LogP contribution in [0.25, 0.3) is 5.65 Å². The first-order valence-electron chi connectivity index (χ1n) is 8.53. The molecule has 2 N–H and O–H groups in total. The lowest BCUT2D eigenvalue weighted by Crippen LogP contribution is -2.12.